The van der Waals surface area contributed by atoms with Gasteiger partial charge in [-0.05, 0) is 24.9 Å². The fourth-order valence-electron chi connectivity index (χ4n) is 0.619. The van der Waals surface area contributed by atoms with Gasteiger partial charge in [-0.1, -0.05) is 36.5 Å². The van der Waals surface area contributed by atoms with Crippen molar-refractivity contribution in [2.45, 2.75) is 19.8 Å². The van der Waals surface area contributed by atoms with Gasteiger partial charge in [-0.2, -0.15) is 0 Å². The van der Waals surface area contributed by atoms with Gasteiger partial charge in [0.1, 0.15) is 0 Å². The molecule has 0 aliphatic carbocycles. The third-order valence-corrected chi connectivity index (χ3v) is 1.31. The predicted molar refractivity (Wildman–Crippen MR) is 53.2 cm³/mol. The van der Waals surface area contributed by atoms with Crippen molar-refractivity contribution in [3.63, 3.8) is 0 Å². The van der Waals surface area contributed by atoms with E-state index in [0.29, 0.717) is 6.42 Å². The van der Waals surface area contributed by atoms with Gasteiger partial charge in [-0.3, -0.25) is 4.79 Å². The zero-order valence-corrected chi connectivity index (χ0v) is 7.92. The summed E-state index contributed by atoms with van der Waals surface area (Å²) in [5.74, 6) is 0. The third kappa shape index (κ3) is 9.18. The molecule has 0 bridgehead atoms. The van der Waals surface area contributed by atoms with Crippen LogP contribution >= 0.6 is 11.6 Å². The van der Waals surface area contributed by atoms with Gasteiger partial charge in [-0.15, -0.1) is 0 Å². The highest BCUT2D eigenvalue weighted by molar-refractivity contribution is 6.63. The first kappa shape index (κ1) is 11.2. The Morgan fingerprint density at radius 1 is 1.25 bits per heavy atom. The van der Waals surface area contributed by atoms with E-state index in [1.54, 1.807) is 6.08 Å². The van der Waals surface area contributed by atoms with E-state index in [2.05, 4.69) is 0 Å². The quantitative estimate of drug-likeness (QED) is 0.364. The number of allylic oxidation sites excluding steroid dienone is 6. The molecule has 66 valence electrons. The van der Waals surface area contributed by atoms with Crippen LogP contribution in [0.1, 0.15) is 19.8 Å². The molecule has 0 heterocycles. The van der Waals surface area contributed by atoms with Crippen molar-refractivity contribution in [1.82, 2.24) is 0 Å². The smallest absolute Gasteiger partial charge is 0.225 e. The Labute approximate surface area is 78.4 Å². The predicted octanol–water partition coefficient (Wildman–Crippen LogP) is 3.22. The van der Waals surface area contributed by atoms with E-state index in [-0.39, 0.29) is 5.24 Å². The number of rotatable bonds is 5. The maximum absolute atomic E-state index is 10.3. The van der Waals surface area contributed by atoms with Crippen LogP contribution in [0.4, 0.5) is 0 Å². The molecule has 0 fully saturated rings. The van der Waals surface area contributed by atoms with Crippen LogP contribution in [0.3, 0.4) is 0 Å². The fraction of sp³-hybridized carbons (Fsp3) is 0.300. The molecule has 1 nitrogen and oxygen atoms in total. The van der Waals surface area contributed by atoms with Gasteiger partial charge in [0.25, 0.3) is 0 Å². The molecule has 0 amide bonds. The van der Waals surface area contributed by atoms with Crippen molar-refractivity contribution in [1.29, 1.82) is 0 Å². The first-order chi connectivity index (χ1) is 5.77. The van der Waals surface area contributed by atoms with Gasteiger partial charge in [0, 0.05) is 6.42 Å². The van der Waals surface area contributed by atoms with Gasteiger partial charge < -0.3 is 0 Å². The topological polar surface area (TPSA) is 17.1 Å². The van der Waals surface area contributed by atoms with Crippen LogP contribution in [0.25, 0.3) is 0 Å². The zero-order valence-electron chi connectivity index (χ0n) is 7.16. The molecule has 12 heavy (non-hydrogen) atoms. The Morgan fingerprint density at radius 2 is 2.00 bits per heavy atom. The molecule has 0 saturated heterocycles. The van der Waals surface area contributed by atoms with Gasteiger partial charge in [-0.25, -0.2) is 0 Å². The summed E-state index contributed by atoms with van der Waals surface area (Å²) < 4.78 is 0. The number of carbonyl (C=O) groups excluding carboxylic acids is 1. The van der Waals surface area contributed by atoms with Gasteiger partial charge >= 0.3 is 0 Å². The molecular formula is C10H13ClO. The standard InChI is InChI=1S/C10H13ClO/c1-2-3-4-5-6-7-8-9-10(11)12/h2-5,7-8H,6,9H2,1H3/b3-2?,5-4?,8-7-. The van der Waals surface area contributed by atoms with E-state index in [1.807, 2.05) is 37.3 Å². The fourth-order valence-corrected chi connectivity index (χ4v) is 0.708. The summed E-state index contributed by atoms with van der Waals surface area (Å²) in [6.45, 7) is 1.96. The maximum Gasteiger partial charge on any atom is 0.225 e. The zero-order chi connectivity index (χ0) is 9.23. The van der Waals surface area contributed by atoms with Gasteiger partial charge in [0.2, 0.25) is 5.24 Å². The number of hydrogen-bond donors (Lipinski definition) is 0. The lowest BCUT2D eigenvalue weighted by Crippen LogP contribution is -1.78. The van der Waals surface area contributed by atoms with Crippen LogP contribution in [0.15, 0.2) is 36.5 Å². The second kappa shape index (κ2) is 8.28. The lowest BCUT2D eigenvalue weighted by Gasteiger charge is -1.81. The average Bonchev–Trinajstić information content (AvgIpc) is 2.02. The third-order valence-electron chi connectivity index (χ3n) is 1.16. The van der Waals surface area contributed by atoms with Crippen molar-refractivity contribution < 1.29 is 4.79 Å². The molecule has 0 aliphatic rings. The van der Waals surface area contributed by atoms with Crippen LogP contribution < -0.4 is 0 Å². The van der Waals surface area contributed by atoms with Crippen LogP contribution in [0.5, 0.6) is 0 Å². The minimum Gasteiger partial charge on any atom is -0.281 e. The van der Waals surface area contributed by atoms with Crippen LogP contribution in [-0.4, -0.2) is 5.24 Å². The molecular weight excluding hydrogens is 172 g/mol. The summed E-state index contributed by atoms with van der Waals surface area (Å²) in [5, 5.41) is -0.316. The molecule has 0 N–H and O–H groups in total. The molecule has 0 atom stereocenters. The van der Waals surface area contributed by atoms with Crippen molar-refractivity contribution in [2.75, 3.05) is 0 Å². The van der Waals surface area contributed by atoms with E-state index in [9.17, 15) is 4.79 Å². The summed E-state index contributed by atoms with van der Waals surface area (Å²) >= 11 is 5.12. The Balaban J connectivity index is 3.42. The van der Waals surface area contributed by atoms with Gasteiger partial charge in [0.15, 0.2) is 0 Å². The molecule has 0 radical (unpaired) electrons. The van der Waals surface area contributed by atoms with Gasteiger partial charge in [0.05, 0.1) is 0 Å². The lowest BCUT2D eigenvalue weighted by molar-refractivity contribution is -0.110. The minimum atomic E-state index is -0.316. The average molecular weight is 185 g/mol. The Kier molecular flexibility index (Phi) is 7.71. The molecule has 0 saturated carbocycles. The van der Waals surface area contributed by atoms with Crippen molar-refractivity contribution >= 4 is 16.8 Å². The molecule has 2 heteroatoms. The maximum atomic E-state index is 10.3. The number of carbonyl (C=O) groups is 1. The Morgan fingerprint density at radius 3 is 2.58 bits per heavy atom. The monoisotopic (exact) mass is 184 g/mol. The van der Waals surface area contributed by atoms with Crippen LogP contribution in [-0.2, 0) is 4.79 Å². The highest BCUT2D eigenvalue weighted by Crippen LogP contribution is 1.93. The summed E-state index contributed by atoms with van der Waals surface area (Å²) in [5.41, 5.74) is 0. The molecule has 0 spiro atoms. The molecule has 0 aliphatic heterocycles. The largest absolute Gasteiger partial charge is 0.281 e. The molecule has 0 aromatic heterocycles. The number of halogens is 1. The summed E-state index contributed by atoms with van der Waals surface area (Å²) in [6.07, 6.45) is 12.7. The second-order valence-corrected chi connectivity index (χ2v) is 2.64. The Hall–Kier alpha value is -0.820. The first-order valence-electron chi connectivity index (χ1n) is 3.88. The molecule has 0 unspecified atom stereocenters. The molecule has 0 rings (SSSR count). The highest BCUT2D eigenvalue weighted by atomic mass is 35.5. The van der Waals surface area contributed by atoms with Crippen LogP contribution in [0.2, 0.25) is 0 Å². The van der Waals surface area contributed by atoms with Crippen molar-refractivity contribution in [3.05, 3.63) is 36.5 Å². The second-order valence-electron chi connectivity index (χ2n) is 2.22. The van der Waals surface area contributed by atoms with Crippen LogP contribution in [0, 0.1) is 0 Å². The Bertz CT molecular complexity index is 202. The van der Waals surface area contributed by atoms with Crippen molar-refractivity contribution in [3.8, 4) is 0 Å². The normalized spacial score (nSPS) is 12.2. The van der Waals surface area contributed by atoms with E-state index >= 15 is 0 Å². The SMILES string of the molecule is CC=CC=CC/C=C\CC(=O)Cl. The molecule has 0 aromatic rings. The summed E-state index contributed by atoms with van der Waals surface area (Å²) in [7, 11) is 0. The molecule has 0 aromatic carbocycles. The first-order valence-corrected chi connectivity index (χ1v) is 4.26. The summed E-state index contributed by atoms with van der Waals surface area (Å²) in [6, 6.07) is 0. The van der Waals surface area contributed by atoms with E-state index < -0.39 is 0 Å². The van der Waals surface area contributed by atoms with E-state index in [0.717, 1.165) is 6.42 Å². The van der Waals surface area contributed by atoms with E-state index in [1.165, 1.54) is 0 Å². The van der Waals surface area contributed by atoms with Crippen molar-refractivity contribution in [2.24, 2.45) is 0 Å². The highest BCUT2D eigenvalue weighted by Gasteiger charge is 1.86. The van der Waals surface area contributed by atoms with E-state index in [4.69, 9.17) is 11.6 Å². The minimum absolute atomic E-state index is 0.316. The summed E-state index contributed by atoms with van der Waals surface area (Å²) in [4.78, 5) is 10.3. The number of hydrogen-bond acceptors (Lipinski definition) is 1. The lowest BCUT2D eigenvalue weighted by atomic mass is 10.3.